The minimum Gasteiger partial charge on any atom is -0.313 e. The fraction of sp³-hybridized carbons (Fsp3) is 0.833. The smallest absolute Gasteiger partial charge is 0.138 e. The number of ketones is 1. The first kappa shape index (κ1) is 7.03. The van der Waals surface area contributed by atoms with E-state index in [1.54, 1.807) is 0 Å². The average molecular weight is 148 g/mol. The second-order valence-corrected chi connectivity index (χ2v) is 2.71. The van der Waals surface area contributed by atoms with Crippen LogP contribution >= 0.6 is 12.4 Å². The lowest BCUT2D eigenvalue weighted by Crippen LogP contribution is -2.29. The van der Waals surface area contributed by atoms with Crippen LogP contribution in [0.4, 0.5) is 0 Å². The quantitative estimate of drug-likeness (QED) is 0.536. The zero-order valence-corrected chi connectivity index (χ0v) is 5.91. The van der Waals surface area contributed by atoms with Crippen LogP contribution in [0.5, 0.6) is 0 Å². The lowest BCUT2D eigenvalue weighted by atomic mass is 10.1. The number of halogens is 1. The lowest BCUT2D eigenvalue weighted by Gasteiger charge is -2.07. The van der Waals surface area contributed by atoms with Crippen molar-refractivity contribution in [1.82, 2.24) is 5.32 Å². The summed E-state index contributed by atoms with van der Waals surface area (Å²) in [5.41, 5.74) is 0. The van der Waals surface area contributed by atoms with Gasteiger partial charge < -0.3 is 5.32 Å². The van der Waals surface area contributed by atoms with Crippen LogP contribution < -0.4 is 5.32 Å². The monoisotopic (exact) mass is 147 g/mol. The van der Waals surface area contributed by atoms with Gasteiger partial charge in [-0.05, 0) is 6.42 Å². The predicted molar refractivity (Wildman–Crippen MR) is 36.8 cm³/mol. The Hall–Kier alpha value is -0.0800. The van der Waals surface area contributed by atoms with E-state index in [9.17, 15) is 4.79 Å². The molecule has 2 bridgehead atoms. The third-order valence-electron chi connectivity index (χ3n) is 2.12. The summed E-state index contributed by atoms with van der Waals surface area (Å²) in [6.45, 7) is 0.948. The molecule has 0 aromatic rings. The third kappa shape index (κ3) is 0.970. The van der Waals surface area contributed by atoms with Crippen LogP contribution in [0.1, 0.15) is 12.8 Å². The lowest BCUT2D eigenvalue weighted by molar-refractivity contribution is -0.121. The molecule has 2 aliphatic rings. The van der Waals surface area contributed by atoms with E-state index in [1.165, 1.54) is 0 Å². The van der Waals surface area contributed by atoms with Crippen molar-refractivity contribution < 1.29 is 4.79 Å². The largest absolute Gasteiger partial charge is 0.313 e. The average Bonchev–Trinajstić information content (AvgIpc) is 2.23. The predicted octanol–water partition coefficient (Wildman–Crippen LogP) is 0.359. The number of carbonyl (C=O) groups is 1. The molecule has 1 saturated carbocycles. The van der Waals surface area contributed by atoms with Crippen LogP contribution in [-0.4, -0.2) is 18.4 Å². The van der Waals surface area contributed by atoms with E-state index in [2.05, 4.69) is 5.32 Å². The zero-order valence-electron chi connectivity index (χ0n) is 5.09. The highest BCUT2D eigenvalue weighted by molar-refractivity contribution is 5.85. The molecule has 0 radical (unpaired) electrons. The molecule has 2 atom stereocenters. The Bertz CT molecular complexity index is 137. The summed E-state index contributed by atoms with van der Waals surface area (Å²) in [5, 5.41) is 3.27. The molecular formula is C6H10ClNO. The second kappa shape index (κ2) is 2.27. The summed E-state index contributed by atoms with van der Waals surface area (Å²) in [6.07, 6.45) is 1.91. The van der Waals surface area contributed by atoms with Crippen LogP contribution in [0.3, 0.4) is 0 Å². The molecule has 0 amide bonds. The minimum absolute atomic E-state index is 0. The van der Waals surface area contributed by atoms with Gasteiger partial charge in [-0.15, -0.1) is 12.4 Å². The van der Waals surface area contributed by atoms with Crippen LogP contribution in [0.2, 0.25) is 0 Å². The van der Waals surface area contributed by atoms with E-state index in [4.69, 9.17) is 0 Å². The van der Waals surface area contributed by atoms with Crippen molar-refractivity contribution in [3.8, 4) is 0 Å². The van der Waals surface area contributed by atoms with Gasteiger partial charge in [0.2, 0.25) is 0 Å². The molecule has 0 spiro atoms. The first-order valence-corrected chi connectivity index (χ1v) is 3.12. The van der Waals surface area contributed by atoms with Gasteiger partial charge in [0, 0.05) is 24.9 Å². The summed E-state index contributed by atoms with van der Waals surface area (Å²) < 4.78 is 0. The van der Waals surface area contributed by atoms with Crippen molar-refractivity contribution in [2.75, 3.05) is 6.54 Å². The summed E-state index contributed by atoms with van der Waals surface area (Å²) in [4.78, 5) is 10.8. The SMILES string of the molecule is Cl.O=C1C[C@@H]2C[C@H]1CN2. The van der Waals surface area contributed by atoms with Gasteiger partial charge in [-0.2, -0.15) is 0 Å². The van der Waals surface area contributed by atoms with Crippen LogP contribution in [0.15, 0.2) is 0 Å². The molecule has 1 heterocycles. The molecule has 1 aliphatic heterocycles. The van der Waals surface area contributed by atoms with Crippen molar-refractivity contribution in [3.63, 3.8) is 0 Å². The summed E-state index contributed by atoms with van der Waals surface area (Å²) in [6, 6.07) is 0.549. The molecule has 1 N–H and O–H groups in total. The number of Topliss-reactive ketones (excluding diaryl/α,β-unsaturated/α-hetero) is 1. The highest BCUT2D eigenvalue weighted by Crippen LogP contribution is 2.26. The van der Waals surface area contributed by atoms with Crippen molar-refractivity contribution in [3.05, 3.63) is 0 Å². The number of fused-ring (bicyclic) bond motifs is 2. The molecule has 3 heteroatoms. The van der Waals surface area contributed by atoms with Gasteiger partial charge in [0.15, 0.2) is 0 Å². The Balaban J connectivity index is 0.000000405. The Morgan fingerprint density at radius 3 is 2.56 bits per heavy atom. The van der Waals surface area contributed by atoms with Gasteiger partial charge in [-0.1, -0.05) is 0 Å². The minimum atomic E-state index is 0. The van der Waals surface area contributed by atoms with Gasteiger partial charge in [-0.3, -0.25) is 4.79 Å². The maximum atomic E-state index is 10.8. The Morgan fingerprint density at radius 2 is 2.33 bits per heavy atom. The standard InChI is InChI=1S/C6H9NO.ClH/c8-6-2-5-1-4(6)3-7-5;/h4-5,7H,1-3H2;1H/t4-,5-;/m0./s1. The van der Waals surface area contributed by atoms with E-state index < -0.39 is 0 Å². The Morgan fingerprint density at radius 1 is 1.56 bits per heavy atom. The highest BCUT2D eigenvalue weighted by Gasteiger charge is 2.37. The highest BCUT2D eigenvalue weighted by atomic mass is 35.5. The number of piperidine rings is 1. The number of carbonyl (C=O) groups excluding carboxylic acids is 1. The molecule has 1 saturated heterocycles. The van der Waals surface area contributed by atoms with Crippen molar-refractivity contribution in [2.45, 2.75) is 18.9 Å². The molecule has 0 aromatic heterocycles. The van der Waals surface area contributed by atoms with Gasteiger partial charge in [0.25, 0.3) is 0 Å². The van der Waals surface area contributed by atoms with Crippen LogP contribution in [0.25, 0.3) is 0 Å². The van der Waals surface area contributed by atoms with Crippen LogP contribution in [-0.2, 0) is 4.79 Å². The molecule has 2 fully saturated rings. The third-order valence-corrected chi connectivity index (χ3v) is 2.12. The Kier molecular flexibility index (Phi) is 1.78. The van der Waals surface area contributed by atoms with Crippen molar-refractivity contribution >= 4 is 18.2 Å². The Labute approximate surface area is 60.4 Å². The maximum absolute atomic E-state index is 10.8. The molecule has 2 rings (SSSR count). The first-order valence-electron chi connectivity index (χ1n) is 3.12. The maximum Gasteiger partial charge on any atom is 0.138 e. The van der Waals surface area contributed by atoms with E-state index in [-0.39, 0.29) is 12.4 Å². The summed E-state index contributed by atoms with van der Waals surface area (Å²) in [7, 11) is 0. The fourth-order valence-electron chi connectivity index (χ4n) is 1.63. The van der Waals surface area contributed by atoms with E-state index in [1.807, 2.05) is 0 Å². The first-order chi connectivity index (χ1) is 3.86. The van der Waals surface area contributed by atoms with Gasteiger partial charge >= 0.3 is 0 Å². The summed E-state index contributed by atoms with van der Waals surface area (Å²) >= 11 is 0. The van der Waals surface area contributed by atoms with Crippen molar-refractivity contribution in [1.29, 1.82) is 0 Å². The number of hydrogen-bond donors (Lipinski definition) is 1. The van der Waals surface area contributed by atoms with E-state index in [0.29, 0.717) is 17.7 Å². The topological polar surface area (TPSA) is 29.1 Å². The number of hydrogen-bond acceptors (Lipinski definition) is 2. The molecular weight excluding hydrogens is 138 g/mol. The number of nitrogens with one attached hydrogen (secondary N) is 1. The molecule has 0 unspecified atom stereocenters. The molecule has 9 heavy (non-hydrogen) atoms. The molecule has 0 aromatic carbocycles. The van der Waals surface area contributed by atoms with E-state index >= 15 is 0 Å². The molecule has 1 aliphatic carbocycles. The second-order valence-electron chi connectivity index (χ2n) is 2.71. The van der Waals surface area contributed by atoms with E-state index in [0.717, 1.165) is 19.4 Å². The van der Waals surface area contributed by atoms with Gasteiger partial charge in [0.1, 0.15) is 5.78 Å². The summed E-state index contributed by atoms with van der Waals surface area (Å²) in [5.74, 6) is 0.869. The number of rotatable bonds is 0. The molecule has 52 valence electrons. The molecule has 2 nitrogen and oxygen atoms in total. The zero-order chi connectivity index (χ0) is 5.56. The fourth-order valence-corrected chi connectivity index (χ4v) is 1.63. The van der Waals surface area contributed by atoms with Crippen molar-refractivity contribution in [2.24, 2.45) is 5.92 Å². The van der Waals surface area contributed by atoms with Gasteiger partial charge in [0.05, 0.1) is 0 Å². The van der Waals surface area contributed by atoms with Crippen LogP contribution in [0, 0.1) is 5.92 Å². The van der Waals surface area contributed by atoms with Gasteiger partial charge in [-0.25, -0.2) is 0 Å². The normalized spacial score (nSPS) is 38.9.